The summed E-state index contributed by atoms with van der Waals surface area (Å²) in [7, 11) is 0. The van der Waals surface area contributed by atoms with E-state index in [0.29, 0.717) is 32.7 Å². The predicted octanol–water partition coefficient (Wildman–Crippen LogP) is 2.93. The number of fused-ring (bicyclic) bond motifs is 2. The van der Waals surface area contributed by atoms with E-state index in [0.717, 1.165) is 23.2 Å². The molecule has 0 saturated carbocycles. The summed E-state index contributed by atoms with van der Waals surface area (Å²) in [5, 5.41) is 0. The van der Waals surface area contributed by atoms with Crippen LogP contribution < -0.4 is 19.8 Å². The summed E-state index contributed by atoms with van der Waals surface area (Å²) in [5.74, 6) is -0.687. The largest absolute Gasteiger partial charge is 0.463 e. The van der Waals surface area contributed by atoms with Crippen LogP contribution in [0, 0.1) is 0 Å². The minimum absolute atomic E-state index is 0.184. The maximum absolute atomic E-state index is 14.0. The van der Waals surface area contributed by atoms with Crippen molar-refractivity contribution in [1.82, 2.24) is 4.57 Å². The van der Waals surface area contributed by atoms with Crippen LogP contribution in [0.3, 0.4) is 0 Å². The van der Waals surface area contributed by atoms with Crippen LogP contribution >= 0.6 is 11.3 Å². The molecule has 0 fully saturated rings. The third-order valence-electron chi connectivity index (χ3n) is 6.21. The molecule has 1 aromatic heterocycles. The first-order chi connectivity index (χ1) is 17.0. The van der Waals surface area contributed by atoms with Crippen LogP contribution in [0.4, 0.5) is 5.69 Å². The summed E-state index contributed by atoms with van der Waals surface area (Å²) in [6, 6.07) is 16.2. The van der Waals surface area contributed by atoms with E-state index in [2.05, 4.69) is 4.99 Å². The minimum atomic E-state index is -0.695. The molecule has 2 aliphatic heterocycles. The average molecular weight is 488 g/mol. The fourth-order valence-corrected chi connectivity index (χ4v) is 5.87. The van der Waals surface area contributed by atoms with Crippen molar-refractivity contribution in [2.75, 3.05) is 18.1 Å². The molecule has 1 amide bonds. The average Bonchev–Trinajstić information content (AvgIpc) is 3.32. The van der Waals surface area contributed by atoms with Crippen molar-refractivity contribution in [2.45, 2.75) is 33.2 Å². The normalized spacial score (nSPS) is 18.3. The number of thiazole rings is 1. The van der Waals surface area contributed by atoms with Gasteiger partial charge in [0, 0.05) is 12.1 Å². The highest BCUT2D eigenvalue weighted by Gasteiger charge is 2.37. The second kappa shape index (κ2) is 9.11. The quantitative estimate of drug-likeness (QED) is 0.519. The molecule has 1 unspecified atom stereocenters. The van der Waals surface area contributed by atoms with Crippen molar-refractivity contribution in [1.29, 1.82) is 0 Å². The number of rotatable bonds is 5. The van der Waals surface area contributed by atoms with Gasteiger partial charge in [0.25, 0.3) is 11.5 Å². The number of ether oxygens (including phenoxy) is 1. The van der Waals surface area contributed by atoms with Crippen LogP contribution in [0.5, 0.6) is 0 Å². The second-order valence-corrected chi connectivity index (χ2v) is 9.36. The van der Waals surface area contributed by atoms with Crippen molar-refractivity contribution in [3.8, 4) is 0 Å². The van der Waals surface area contributed by atoms with Gasteiger partial charge in [-0.2, -0.15) is 0 Å². The van der Waals surface area contributed by atoms with Gasteiger partial charge in [-0.15, -0.1) is 0 Å². The highest BCUT2D eigenvalue weighted by Crippen LogP contribution is 2.35. The lowest BCUT2D eigenvalue weighted by molar-refractivity contribution is -0.139. The maximum Gasteiger partial charge on any atom is 0.338 e. The summed E-state index contributed by atoms with van der Waals surface area (Å²) >= 11 is 1.19. The Balaban J connectivity index is 1.81. The molecule has 3 heterocycles. The molecule has 2 aliphatic rings. The van der Waals surface area contributed by atoms with Gasteiger partial charge in [0.1, 0.15) is 4.53 Å². The molecule has 3 aromatic rings. The lowest BCUT2D eigenvalue weighted by Crippen LogP contribution is -2.41. The number of hydrogen-bond acceptors (Lipinski definition) is 6. The number of benzene rings is 2. The van der Waals surface area contributed by atoms with Gasteiger partial charge in [-0.05, 0) is 31.9 Å². The number of allylic oxidation sites excluding steroid dienone is 1. The first-order valence-electron chi connectivity index (χ1n) is 11.7. The van der Waals surface area contributed by atoms with Crippen molar-refractivity contribution in [3.63, 3.8) is 0 Å². The number of aromatic nitrogens is 1. The van der Waals surface area contributed by atoms with Gasteiger partial charge >= 0.3 is 5.97 Å². The number of nitrogens with zero attached hydrogens (tertiary/aromatic N) is 3. The Labute approximate surface area is 206 Å². The zero-order chi connectivity index (χ0) is 24.7. The summed E-state index contributed by atoms with van der Waals surface area (Å²) < 4.78 is 7.19. The third-order valence-corrected chi connectivity index (χ3v) is 7.26. The van der Waals surface area contributed by atoms with Gasteiger partial charge in [0.2, 0.25) is 0 Å². The molecule has 35 heavy (non-hydrogen) atoms. The molecule has 178 valence electrons. The molecule has 0 saturated heterocycles. The molecule has 8 heteroatoms. The highest BCUT2D eigenvalue weighted by molar-refractivity contribution is 7.07. The van der Waals surface area contributed by atoms with E-state index >= 15 is 0 Å². The number of anilines is 1. The van der Waals surface area contributed by atoms with E-state index in [9.17, 15) is 14.4 Å². The van der Waals surface area contributed by atoms with Gasteiger partial charge < -0.3 is 9.64 Å². The molecule has 0 radical (unpaired) electrons. The van der Waals surface area contributed by atoms with Crippen molar-refractivity contribution < 1.29 is 14.3 Å². The van der Waals surface area contributed by atoms with Gasteiger partial charge in [0.15, 0.2) is 4.80 Å². The van der Waals surface area contributed by atoms with Crippen LogP contribution in [0.15, 0.2) is 75.7 Å². The SMILES string of the molecule is CCCN1C(=O)C(=c2sc3n(c2=O)C(c2ccccc2)C(C(=O)OCC)=C(C)N=3)c2ccccc21. The first-order valence-corrected chi connectivity index (χ1v) is 12.5. The predicted molar refractivity (Wildman–Crippen MR) is 135 cm³/mol. The number of esters is 1. The fraction of sp³-hybridized carbons (Fsp3) is 0.259. The molecule has 2 aromatic carbocycles. The van der Waals surface area contributed by atoms with Crippen molar-refractivity contribution in [3.05, 3.63) is 96.7 Å². The van der Waals surface area contributed by atoms with Gasteiger partial charge in [-0.25, -0.2) is 9.79 Å². The summed E-state index contributed by atoms with van der Waals surface area (Å²) in [5.41, 5.74) is 3.20. The Bertz CT molecular complexity index is 1550. The molecule has 0 aliphatic carbocycles. The number of amides is 1. The van der Waals surface area contributed by atoms with E-state index in [1.54, 1.807) is 18.7 Å². The zero-order valence-corrected chi connectivity index (χ0v) is 20.6. The number of para-hydroxylation sites is 1. The van der Waals surface area contributed by atoms with Crippen LogP contribution in [-0.2, 0) is 14.3 Å². The second-order valence-electron chi connectivity index (χ2n) is 8.38. The minimum Gasteiger partial charge on any atom is -0.463 e. The fourth-order valence-electron chi connectivity index (χ4n) is 4.74. The molecular weight excluding hydrogens is 462 g/mol. The summed E-state index contributed by atoms with van der Waals surface area (Å²) in [6.07, 6.45) is 0.796. The number of carbonyl (C=O) groups excluding carboxylic acids is 2. The number of hydrogen-bond donors (Lipinski definition) is 0. The smallest absolute Gasteiger partial charge is 0.338 e. The monoisotopic (exact) mass is 487 g/mol. The lowest BCUT2D eigenvalue weighted by atomic mass is 9.96. The number of carbonyl (C=O) groups is 2. The molecule has 5 rings (SSSR count). The first kappa shape index (κ1) is 23.0. The van der Waals surface area contributed by atoms with Gasteiger partial charge in [0.05, 0.1) is 35.2 Å². The molecule has 0 N–H and O–H groups in total. The van der Waals surface area contributed by atoms with E-state index < -0.39 is 12.0 Å². The Kier molecular flexibility index (Phi) is 5.98. The standard InChI is InChI=1S/C27H25N3O4S/c1-4-15-29-19-14-10-9-13-18(19)21(24(29)31)23-25(32)30-22(17-11-7-6-8-12-17)20(26(33)34-5-2)16(3)28-27(30)35-23/h6-14,22H,4-5,15H2,1-3H3. The Morgan fingerprint density at radius 2 is 1.77 bits per heavy atom. The zero-order valence-electron chi connectivity index (χ0n) is 19.8. The molecule has 0 spiro atoms. The maximum atomic E-state index is 14.0. The van der Waals surface area contributed by atoms with E-state index in [-0.39, 0.29) is 18.1 Å². The topological polar surface area (TPSA) is 81.0 Å². The van der Waals surface area contributed by atoms with Crippen molar-refractivity contribution in [2.24, 2.45) is 4.99 Å². The molecule has 1 atom stereocenters. The molecular formula is C27H25N3O4S. The van der Waals surface area contributed by atoms with Crippen LogP contribution in [-0.4, -0.2) is 29.6 Å². The summed E-state index contributed by atoms with van der Waals surface area (Å²) in [6.45, 7) is 6.29. The van der Waals surface area contributed by atoms with E-state index in [4.69, 9.17) is 4.74 Å². The van der Waals surface area contributed by atoms with Crippen LogP contribution in [0.2, 0.25) is 0 Å². The Morgan fingerprint density at radius 3 is 2.49 bits per heavy atom. The summed E-state index contributed by atoms with van der Waals surface area (Å²) in [4.78, 5) is 47.3. The third kappa shape index (κ3) is 3.65. The van der Waals surface area contributed by atoms with Gasteiger partial charge in [-0.3, -0.25) is 14.2 Å². The van der Waals surface area contributed by atoms with Crippen molar-refractivity contribution >= 4 is 34.5 Å². The Hall–Kier alpha value is -3.78. The van der Waals surface area contributed by atoms with Gasteiger partial charge in [-0.1, -0.05) is 66.8 Å². The molecule has 0 bridgehead atoms. The van der Waals surface area contributed by atoms with E-state index in [1.807, 2.05) is 61.5 Å². The molecule has 7 nitrogen and oxygen atoms in total. The lowest BCUT2D eigenvalue weighted by Gasteiger charge is -2.24. The van der Waals surface area contributed by atoms with Crippen LogP contribution in [0.1, 0.15) is 44.4 Å². The van der Waals surface area contributed by atoms with E-state index in [1.165, 1.54) is 15.9 Å². The van der Waals surface area contributed by atoms with Crippen LogP contribution in [0.25, 0.3) is 5.57 Å². The highest BCUT2D eigenvalue weighted by atomic mass is 32.1. The Morgan fingerprint density at radius 1 is 1.06 bits per heavy atom.